The van der Waals surface area contributed by atoms with Crippen molar-refractivity contribution in [3.8, 4) is 0 Å². The van der Waals surface area contributed by atoms with E-state index in [4.69, 9.17) is 0 Å². The molecular weight excluding hydrogens is 348 g/mol. The van der Waals surface area contributed by atoms with Gasteiger partial charge in [0, 0.05) is 46.1 Å². The third-order valence-electron chi connectivity index (χ3n) is 7.15. The van der Waals surface area contributed by atoms with E-state index in [0.717, 1.165) is 44.3 Å². The second-order valence-electron chi connectivity index (χ2n) is 9.16. The Hall–Kier alpha value is -1.59. The highest BCUT2D eigenvalue weighted by atomic mass is 15.3. The summed E-state index contributed by atoms with van der Waals surface area (Å²) in [5, 5.41) is 12.5. The molecule has 6 nitrogen and oxygen atoms in total. The standard InChI is InChI=1S/C22H38N6/c1-23-21(27-16-9-14-22(18-27)12-6-2-3-7-13-22)24-15-11-20-26-25-19-10-5-4-8-17-28(19)20/h2-18H2,1H3,(H,23,24). The maximum atomic E-state index is 4.62. The van der Waals surface area contributed by atoms with E-state index in [0.29, 0.717) is 5.41 Å². The van der Waals surface area contributed by atoms with Crippen LogP contribution in [0.25, 0.3) is 0 Å². The van der Waals surface area contributed by atoms with Crippen LogP contribution in [0.2, 0.25) is 0 Å². The predicted molar refractivity (Wildman–Crippen MR) is 114 cm³/mol. The molecule has 1 aliphatic carbocycles. The van der Waals surface area contributed by atoms with Gasteiger partial charge < -0.3 is 14.8 Å². The topological polar surface area (TPSA) is 58.3 Å². The normalized spacial score (nSPS) is 23.2. The lowest BCUT2D eigenvalue weighted by molar-refractivity contribution is 0.115. The number of piperidine rings is 1. The molecule has 4 rings (SSSR count). The van der Waals surface area contributed by atoms with Crippen molar-refractivity contribution in [2.45, 2.75) is 90.0 Å². The van der Waals surface area contributed by atoms with Crippen LogP contribution in [0.1, 0.15) is 82.3 Å². The van der Waals surface area contributed by atoms with Gasteiger partial charge in [-0.15, -0.1) is 10.2 Å². The number of fused-ring (bicyclic) bond motifs is 1. The SMILES string of the molecule is CN=C(NCCc1nnc2n1CCCCC2)N1CCCC2(CCCCCC2)C1. The molecule has 3 aliphatic rings. The van der Waals surface area contributed by atoms with Crippen LogP contribution in [0.15, 0.2) is 4.99 Å². The fraction of sp³-hybridized carbons (Fsp3) is 0.864. The number of likely N-dealkylation sites (tertiary alicyclic amines) is 1. The van der Waals surface area contributed by atoms with E-state index in [2.05, 4.69) is 30.0 Å². The van der Waals surface area contributed by atoms with Gasteiger partial charge in [-0.3, -0.25) is 4.99 Å². The van der Waals surface area contributed by atoms with E-state index in [1.54, 1.807) is 0 Å². The van der Waals surface area contributed by atoms with Crippen molar-refractivity contribution in [2.24, 2.45) is 10.4 Å². The fourth-order valence-corrected chi connectivity index (χ4v) is 5.62. The molecule has 0 aromatic carbocycles. The van der Waals surface area contributed by atoms with Crippen molar-refractivity contribution < 1.29 is 0 Å². The van der Waals surface area contributed by atoms with Crippen LogP contribution < -0.4 is 5.32 Å². The minimum atomic E-state index is 0.538. The lowest BCUT2D eigenvalue weighted by Gasteiger charge is -2.44. The van der Waals surface area contributed by atoms with Gasteiger partial charge in [-0.2, -0.15) is 0 Å². The molecule has 156 valence electrons. The summed E-state index contributed by atoms with van der Waals surface area (Å²) in [5.41, 5.74) is 0.538. The molecule has 0 amide bonds. The van der Waals surface area contributed by atoms with E-state index in [-0.39, 0.29) is 0 Å². The van der Waals surface area contributed by atoms with Crippen molar-refractivity contribution in [2.75, 3.05) is 26.7 Å². The summed E-state index contributed by atoms with van der Waals surface area (Å²) in [7, 11) is 1.93. The van der Waals surface area contributed by atoms with Gasteiger partial charge in [-0.1, -0.05) is 32.1 Å². The Morgan fingerprint density at radius 3 is 2.57 bits per heavy atom. The first-order valence-electron chi connectivity index (χ1n) is 11.7. The molecule has 1 aromatic heterocycles. The third-order valence-corrected chi connectivity index (χ3v) is 7.15. The Morgan fingerprint density at radius 1 is 0.964 bits per heavy atom. The van der Waals surface area contributed by atoms with Crippen LogP contribution in [0.5, 0.6) is 0 Å². The summed E-state index contributed by atoms with van der Waals surface area (Å²) in [5.74, 6) is 3.40. The fourth-order valence-electron chi connectivity index (χ4n) is 5.62. The monoisotopic (exact) mass is 386 g/mol. The van der Waals surface area contributed by atoms with E-state index in [1.165, 1.54) is 83.0 Å². The van der Waals surface area contributed by atoms with Gasteiger partial charge in [-0.25, -0.2) is 0 Å². The van der Waals surface area contributed by atoms with Crippen molar-refractivity contribution in [3.05, 3.63) is 11.6 Å². The van der Waals surface area contributed by atoms with E-state index in [1.807, 2.05) is 7.05 Å². The average Bonchev–Trinajstić information content (AvgIpc) is 2.88. The van der Waals surface area contributed by atoms with Crippen LogP contribution in [0, 0.1) is 5.41 Å². The summed E-state index contributed by atoms with van der Waals surface area (Å²) in [6, 6.07) is 0. The summed E-state index contributed by atoms with van der Waals surface area (Å²) in [4.78, 5) is 7.15. The number of aromatic nitrogens is 3. The first kappa shape index (κ1) is 19.7. The molecule has 2 aliphatic heterocycles. The van der Waals surface area contributed by atoms with Crippen molar-refractivity contribution >= 4 is 5.96 Å². The zero-order chi connectivity index (χ0) is 19.2. The van der Waals surface area contributed by atoms with Gasteiger partial charge in [0.1, 0.15) is 11.6 Å². The Kier molecular flexibility index (Phi) is 6.53. The van der Waals surface area contributed by atoms with Gasteiger partial charge in [-0.05, 0) is 43.9 Å². The van der Waals surface area contributed by atoms with Crippen LogP contribution in [-0.2, 0) is 19.4 Å². The van der Waals surface area contributed by atoms with Crippen molar-refractivity contribution in [1.82, 2.24) is 25.0 Å². The number of rotatable bonds is 3. The Bertz CT molecular complexity index is 656. The minimum Gasteiger partial charge on any atom is -0.356 e. The molecule has 2 fully saturated rings. The van der Waals surface area contributed by atoms with Crippen LogP contribution in [-0.4, -0.2) is 52.3 Å². The zero-order valence-electron chi connectivity index (χ0n) is 17.8. The Balaban J connectivity index is 1.33. The van der Waals surface area contributed by atoms with Crippen molar-refractivity contribution in [1.29, 1.82) is 0 Å². The maximum absolute atomic E-state index is 4.62. The first-order valence-corrected chi connectivity index (χ1v) is 11.7. The summed E-state index contributed by atoms with van der Waals surface area (Å²) < 4.78 is 2.36. The van der Waals surface area contributed by atoms with Crippen LogP contribution in [0.3, 0.4) is 0 Å². The first-order chi connectivity index (χ1) is 13.8. The second kappa shape index (κ2) is 9.27. The van der Waals surface area contributed by atoms with Crippen LogP contribution in [0.4, 0.5) is 0 Å². The Labute approximate surface area is 170 Å². The average molecular weight is 387 g/mol. The molecule has 0 atom stereocenters. The van der Waals surface area contributed by atoms with Gasteiger partial charge in [0.2, 0.25) is 0 Å². The number of hydrogen-bond acceptors (Lipinski definition) is 3. The smallest absolute Gasteiger partial charge is 0.193 e. The number of aliphatic imine (C=N–C) groups is 1. The molecule has 6 heteroatoms. The van der Waals surface area contributed by atoms with Gasteiger partial charge in [0.15, 0.2) is 5.96 Å². The number of nitrogens with one attached hydrogen (secondary N) is 1. The predicted octanol–water partition coefficient (Wildman–Crippen LogP) is 3.56. The molecule has 1 saturated carbocycles. The van der Waals surface area contributed by atoms with Gasteiger partial charge in [0.05, 0.1) is 0 Å². The highest BCUT2D eigenvalue weighted by molar-refractivity contribution is 5.80. The molecule has 1 spiro atoms. The summed E-state index contributed by atoms with van der Waals surface area (Å²) in [6.45, 7) is 4.30. The highest BCUT2D eigenvalue weighted by Crippen LogP contribution is 2.42. The number of aryl methyl sites for hydroxylation is 1. The number of guanidine groups is 1. The lowest BCUT2D eigenvalue weighted by atomic mass is 9.74. The lowest BCUT2D eigenvalue weighted by Crippen LogP contribution is -2.50. The third kappa shape index (κ3) is 4.52. The molecule has 1 N–H and O–H groups in total. The molecule has 0 bridgehead atoms. The molecule has 3 heterocycles. The Morgan fingerprint density at radius 2 is 1.75 bits per heavy atom. The number of hydrogen-bond donors (Lipinski definition) is 1. The molecular formula is C22H38N6. The van der Waals surface area contributed by atoms with Gasteiger partial charge in [0.25, 0.3) is 0 Å². The molecule has 1 saturated heterocycles. The maximum Gasteiger partial charge on any atom is 0.193 e. The minimum absolute atomic E-state index is 0.538. The van der Waals surface area contributed by atoms with E-state index >= 15 is 0 Å². The quantitative estimate of drug-likeness (QED) is 0.637. The molecule has 1 aromatic rings. The molecule has 0 unspecified atom stereocenters. The van der Waals surface area contributed by atoms with Gasteiger partial charge >= 0.3 is 0 Å². The van der Waals surface area contributed by atoms with Crippen molar-refractivity contribution in [3.63, 3.8) is 0 Å². The summed E-state index contributed by atoms with van der Waals surface area (Å²) in [6.07, 6.45) is 17.0. The zero-order valence-corrected chi connectivity index (χ0v) is 17.8. The summed E-state index contributed by atoms with van der Waals surface area (Å²) >= 11 is 0. The molecule has 0 radical (unpaired) electrons. The number of nitrogens with zero attached hydrogens (tertiary/aromatic N) is 5. The highest BCUT2D eigenvalue weighted by Gasteiger charge is 2.36. The molecule has 28 heavy (non-hydrogen) atoms. The van der Waals surface area contributed by atoms with Crippen LogP contribution >= 0.6 is 0 Å². The van der Waals surface area contributed by atoms with E-state index < -0.39 is 0 Å². The second-order valence-corrected chi connectivity index (χ2v) is 9.16. The largest absolute Gasteiger partial charge is 0.356 e. The van der Waals surface area contributed by atoms with E-state index in [9.17, 15) is 0 Å².